The van der Waals surface area contributed by atoms with E-state index in [2.05, 4.69) is 15.4 Å². The first-order valence-corrected chi connectivity index (χ1v) is 12.4. The normalized spacial score (nSPS) is 13.4. The highest BCUT2D eigenvalue weighted by atomic mass is 35.5. The van der Waals surface area contributed by atoms with Crippen molar-refractivity contribution in [1.29, 1.82) is 0 Å². The molecule has 39 heavy (non-hydrogen) atoms. The molecule has 8 nitrogen and oxygen atoms in total. The van der Waals surface area contributed by atoms with Gasteiger partial charge in [0.15, 0.2) is 0 Å². The smallest absolute Gasteiger partial charge is 0.307 e. The van der Waals surface area contributed by atoms with Gasteiger partial charge in [0, 0.05) is 5.56 Å². The fourth-order valence-corrected chi connectivity index (χ4v) is 4.73. The number of aromatic nitrogens is 4. The Morgan fingerprint density at radius 2 is 1.59 bits per heavy atom. The monoisotopic (exact) mass is 533 g/mol. The van der Waals surface area contributed by atoms with Gasteiger partial charge in [-0.25, -0.2) is 14.6 Å². The standard InChI is InChI=1S/C30H20ClN5O3/c31-25-15-26-29(24(30(39)34-26)13-18-1-3-19(4-2-18)14-27(37)38)35-28(25)22-7-5-20(6-8-22)21-9-11-23(12-10-21)36-17-32-16-33-36/h1-13,15-17H,14H2,(H,34,39)(H,37,38)/b24-13-. The van der Waals surface area contributed by atoms with Gasteiger partial charge in [-0.15, -0.1) is 0 Å². The summed E-state index contributed by atoms with van der Waals surface area (Å²) in [5.41, 5.74) is 7.32. The minimum atomic E-state index is -0.895. The number of carboxylic acids is 1. The maximum atomic E-state index is 12.8. The van der Waals surface area contributed by atoms with Gasteiger partial charge in [-0.05, 0) is 46.5 Å². The van der Waals surface area contributed by atoms with Gasteiger partial charge in [0.05, 0.1) is 34.1 Å². The Kier molecular flexibility index (Phi) is 6.22. The number of halogens is 1. The second-order valence-corrected chi connectivity index (χ2v) is 9.41. The van der Waals surface area contributed by atoms with Crippen LogP contribution < -0.4 is 5.32 Å². The van der Waals surface area contributed by atoms with Crippen LogP contribution in [0.3, 0.4) is 0 Å². The number of carboxylic acid groups (broad SMARTS) is 1. The molecule has 190 valence electrons. The lowest BCUT2D eigenvalue weighted by Crippen LogP contribution is -2.03. The number of rotatable bonds is 6. The van der Waals surface area contributed by atoms with Crippen molar-refractivity contribution in [3.05, 3.63) is 113 Å². The Bertz CT molecular complexity index is 1730. The summed E-state index contributed by atoms with van der Waals surface area (Å²) in [7, 11) is 0. The molecule has 0 radical (unpaired) electrons. The van der Waals surface area contributed by atoms with Crippen molar-refractivity contribution in [1.82, 2.24) is 19.7 Å². The summed E-state index contributed by atoms with van der Waals surface area (Å²) in [6.07, 6.45) is 4.83. The molecule has 0 unspecified atom stereocenters. The molecule has 2 N–H and O–H groups in total. The topological polar surface area (TPSA) is 110 Å². The zero-order valence-corrected chi connectivity index (χ0v) is 21.1. The highest BCUT2D eigenvalue weighted by Gasteiger charge is 2.27. The molecule has 0 saturated heterocycles. The van der Waals surface area contributed by atoms with Crippen molar-refractivity contribution < 1.29 is 14.7 Å². The van der Waals surface area contributed by atoms with Crippen LogP contribution in [0.5, 0.6) is 0 Å². The van der Waals surface area contributed by atoms with Crippen molar-refractivity contribution in [3.63, 3.8) is 0 Å². The van der Waals surface area contributed by atoms with Crippen LogP contribution in [0.4, 0.5) is 5.69 Å². The van der Waals surface area contributed by atoms with Crippen molar-refractivity contribution in [2.24, 2.45) is 0 Å². The number of amides is 1. The molecule has 1 aliphatic heterocycles. The maximum absolute atomic E-state index is 12.8. The number of hydrogen-bond acceptors (Lipinski definition) is 5. The fourth-order valence-electron chi connectivity index (χ4n) is 4.46. The third-order valence-corrected chi connectivity index (χ3v) is 6.70. The summed E-state index contributed by atoms with van der Waals surface area (Å²) < 4.78 is 1.70. The van der Waals surface area contributed by atoms with E-state index in [1.807, 2.05) is 48.5 Å². The number of fused-ring (bicyclic) bond motifs is 1. The molecular weight excluding hydrogens is 514 g/mol. The average molecular weight is 534 g/mol. The fraction of sp³-hybridized carbons (Fsp3) is 0.0333. The first kappa shape index (κ1) is 24.3. The van der Waals surface area contributed by atoms with E-state index >= 15 is 0 Å². The number of hydrogen-bond donors (Lipinski definition) is 2. The van der Waals surface area contributed by atoms with Crippen LogP contribution in [-0.4, -0.2) is 36.7 Å². The van der Waals surface area contributed by atoms with Gasteiger partial charge in [-0.1, -0.05) is 72.3 Å². The molecule has 1 aliphatic rings. The largest absolute Gasteiger partial charge is 0.481 e. The lowest BCUT2D eigenvalue weighted by atomic mass is 10.0. The van der Waals surface area contributed by atoms with Gasteiger partial charge in [0.25, 0.3) is 5.91 Å². The molecule has 0 bridgehead atoms. The van der Waals surface area contributed by atoms with Crippen molar-refractivity contribution >= 4 is 40.8 Å². The number of nitrogens with one attached hydrogen (secondary N) is 1. The lowest BCUT2D eigenvalue weighted by molar-refractivity contribution is -0.136. The molecule has 6 rings (SSSR count). The average Bonchev–Trinajstić information content (AvgIpc) is 3.58. The summed E-state index contributed by atoms with van der Waals surface area (Å²) in [6, 6.07) is 24.7. The van der Waals surface area contributed by atoms with Crippen molar-refractivity contribution in [2.75, 3.05) is 5.32 Å². The molecule has 5 aromatic rings. The number of aliphatic carboxylic acids is 1. The van der Waals surface area contributed by atoms with E-state index in [-0.39, 0.29) is 12.3 Å². The zero-order chi connectivity index (χ0) is 26.9. The Balaban J connectivity index is 1.28. The minimum Gasteiger partial charge on any atom is -0.481 e. The second kappa shape index (κ2) is 10.00. The molecule has 0 aliphatic carbocycles. The van der Waals surface area contributed by atoms with Crippen LogP contribution in [0.15, 0.2) is 91.5 Å². The highest BCUT2D eigenvalue weighted by molar-refractivity contribution is 6.37. The van der Waals surface area contributed by atoms with E-state index in [1.54, 1.807) is 47.4 Å². The van der Waals surface area contributed by atoms with Crippen molar-refractivity contribution in [3.8, 4) is 28.1 Å². The van der Waals surface area contributed by atoms with E-state index in [4.69, 9.17) is 21.7 Å². The SMILES string of the molecule is O=C(O)Cc1ccc(/C=C2\C(=O)Nc3cc(Cl)c(-c4ccc(-c5ccc(-n6cncn6)cc5)cc4)nc32)cc1. The molecule has 2 aromatic heterocycles. The molecule has 3 aromatic carbocycles. The van der Waals surface area contributed by atoms with Crippen LogP contribution in [0.1, 0.15) is 16.8 Å². The lowest BCUT2D eigenvalue weighted by Gasteiger charge is -2.09. The number of carbonyl (C=O) groups is 2. The zero-order valence-electron chi connectivity index (χ0n) is 20.4. The van der Waals surface area contributed by atoms with E-state index in [9.17, 15) is 9.59 Å². The van der Waals surface area contributed by atoms with Crippen LogP contribution in [0.25, 0.3) is 39.7 Å². The van der Waals surface area contributed by atoms with Crippen LogP contribution >= 0.6 is 11.6 Å². The number of anilines is 1. The number of carbonyl (C=O) groups excluding carboxylic acids is 1. The van der Waals surface area contributed by atoms with E-state index in [1.165, 1.54) is 6.33 Å². The van der Waals surface area contributed by atoms with Gasteiger partial charge in [-0.2, -0.15) is 5.10 Å². The Morgan fingerprint density at radius 1 is 0.923 bits per heavy atom. The van der Waals surface area contributed by atoms with Crippen LogP contribution in [0, 0.1) is 0 Å². The summed E-state index contributed by atoms with van der Waals surface area (Å²) in [4.78, 5) is 32.5. The predicted molar refractivity (Wildman–Crippen MR) is 149 cm³/mol. The first-order chi connectivity index (χ1) is 18.9. The molecule has 9 heteroatoms. The van der Waals surface area contributed by atoms with E-state index < -0.39 is 5.97 Å². The summed E-state index contributed by atoms with van der Waals surface area (Å²) >= 11 is 6.59. The summed E-state index contributed by atoms with van der Waals surface area (Å²) in [6.45, 7) is 0. The van der Waals surface area contributed by atoms with Gasteiger partial charge >= 0.3 is 5.97 Å². The molecule has 3 heterocycles. The Hall–Kier alpha value is -5.08. The van der Waals surface area contributed by atoms with Crippen LogP contribution in [0.2, 0.25) is 5.02 Å². The highest BCUT2D eigenvalue weighted by Crippen LogP contribution is 2.38. The maximum Gasteiger partial charge on any atom is 0.307 e. The Labute approximate surface area is 228 Å². The minimum absolute atomic E-state index is 0.0589. The first-order valence-electron chi connectivity index (χ1n) is 12.1. The molecule has 0 atom stereocenters. The summed E-state index contributed by atoms with van der Waals surface area (Å²) in [5, 5.41) is 16.4. The molecule has 0 saturated carbocycles. The third-order valence-electron chi connectivity index (χ3n) is 6.41. The second-order valence-electron chi connectivity index (χ2n) is 9.00. The molecule has 0 spiro atoms. The van der Waals surface area contributed by atoms with Crippen LogP contribution in [-0.2, 0) is 16.0 Å². The van der Waals surface area contributed by atoms with Gasteiger partial charge < -0.3 is 10.4 Å². The number of benzene rings is 3. The van der Waals surface area contributed by atoms with Crippen molar-refractivity contribution in [2.45, 2.75) is 6.42 Å². The van der Waals surface area contributed by atoms with E-state index in [0.717, 1.165) is 27.9 Å². The molecule has 0 fully saturated rings. The van der Waals surface area contributed by atoms with Gasteiger partial charge in [0.2, 0.25) is 0 Å². The number of nitrogens with zero attached hydrogens (tertiary/aromatic N) is 4. The van der Waals surface area contributed by atoms with Gasteiger partial charge in [0.1, 0.15) is 18.3 Å². The molecular formula is C30H20ClN5O3. The number of pyridine rings is 1. The Morgan fingerprint density at radius 3 is 2.23 bits per heavy atom. The predicted octanol–water partition coefficient (Wildman–Crippen LogP) is 5.77. The molecule has 1 amide bonds. The van der Waals surface area contributed by atoms with E-state index in [0.29, 0.717) is 33.2 Å². The van der Waals surface area contributed by atoms with Gasteiger partial charge in [-0.3, -0.25) is 9.59 Å². The third kappa shape index (κ3) is 4.93. The quantitative estimate of drug-likeness (QED) is 0.268. The summed E-state index contributed by atoms with van der Waals surface area (Å²) in [5.74, 6) is -1.17.